The molecule has 1 aromatic rings. The highest BCUT2D eigenvalue weighted by Gasteiger charge is 2.43. The van der Waals surface area contributed by atoms with Gasteiger partial charge in [0.05, 0.1) is 12.2 Å². The quantitative estimate of drug-likeness (QED) is 0.874. The number of carbonyl (C=O) groups is 2. The third kappa shape index (κ3) is 3.40. The highest BCUT2D eigenvalue weighted by atomic mass is 32.1. The predicted octanol–water partition coefficient (Wildman–Crippen LogP) is 2.65. The molecule has 1 atom stereocenters. The zero-order chi connectivity index (χ0) is 18.1. The molecule has 1 amide bonds. The maximum Gasteiger partial charge on any atom is 0.345 e. The molecule has 2 fully saturated rings. The summed E-state index contributed by atoms with van der Waals surface area (Å²) in [7, 11) is 0. The highest BCUT2D eigenvalue weighted by molar-refractivity contribution is 7.14. The maximum absolute atomic E-state index is 12.6. The molecule has 7 heteroatoms. The van der Waals surface area contributed by atoms with Gasteiger partial charge in [0.25, 0.3) is 0 Å². The van der Waals surface area contributed by atoms with E-state index in [9.17, 15) is 14.7 Å². The Kier molecular flexibility index (Phi) is 5.03. The molecular weight excluding hydrogens is 354 g/mol. The van der Waals surface area contributed by atoms with Crippen molar-refractivity contribution in [2.24, 2.45) is 5.92 Å². The smallest absolute Gasteiger partial charge is 0.345 e. The van der Waals surface area contributed by atoms with Crippen LogP contribution in [-0.4, -0.2) is 54.8 Å². The fraction of sp³-hybridized carbons (Fsp3) is 0.684. The number of piperidine rings is 1. The number of hydrogen-bond acceptors (Lipinski definition) is 5. The topological polar surface area (TPSA) is 76.1 Å². The summed E-state index contributed by atoms with van der Waals surface area (Å²) in [6.07, 6.45) is 4.94. The largest absolute Gasteiger partial charge is 0.477 e. The molecule has 0 radical (unpaired) electrons. The number of carboxylic acid groups (broad SMARTS) is 1. The Morgan fingerprint density at radius 2 is 2.12 bits per heavy atom. The summed E-state index contributed by atoms with van der Waals surface area (Å²) >= 11 is 1.37. The average Bonchev–Trinajstić information content (AvgIpc) is 3.10. The van der Waals surface area contributed by atoms with E-state index in [2.05, 4.69) is 0 Å². The highest BCUT2D eigenvalue weighted by Crippen LogP contribution is 2.44. The van der Waals surface area contributed by atoms with Gasteiger partial charge in [0, 0.05) is 44.0 Å². The Bertz CT molecular complexity index is 686. The minimum Gasteiger partial charge on any atom is -0.477 e. The van der Waals surface area contributed by atoms with Crippen molar-refractivity contribution in [1.82, 2.24) is 4.90 Å². The number of ether oxygens (including phenoxy) is 2. The molecular formula is C19H25NO5S. The normalized spacial score (nSPS) is 25.1. The van der Waals surface area contributed by atoms with E-state index in [0.29, 0.717) is 43.5 Å². The van der Waals surface area contributed by atoms with E-state index in [1.54, 1.807) is 6.07 Å². The van der Waals surface area contributed by atoms with Crippen LogP contribution in [0.3, 0.4) is 0 Å². The van der Waals surface area contributed by atoms with Gasteiger partial charge in [-0.3, -0.25) is 4.79 Å². The van der Waals surface area contributed by atoms with Crippen molar-refractivity contribution in [3.63, 3.8) is 0 Å². The number of hydrogen-bond donors (Lipinski definition) is 1. The van der Waals surface area contributed by atoms with Crippen LogP contribution in [-0.2, 0) is 26.3 Å². The second-order valence-corrected chi connectivity index (χ2v) is 8.65. The fourth-order valence-corrected chi connectivity index (χ4v) is 5.47. The molecule has 0 aromatic carbocycles. The van der Waals surface area contributed by atoms with Crippen LogP contribution in [0.15, 0.2) is 6.07 Å². The molecule has 0 saturated carbocycles. The van der Waals surface area contributed by atoms with Gasteiger partial charge in [0.2, 0.25) is 5.91 Å². The van der Waals surface area contributed by atoms with Gasteiger partial charge >= 0.3 is 5.97 Å². The second kappa shape index (κ2) is 7.29. The Balaban J connectivity index is 1.42. The van der Waals surface area contributed by atoms with Crippen LogP contribution in [0.4, 0.5) is 0 Å². The van der Waals surface area contributed by atoms with Gasteiger partial charge < -0.3 is 19.5 Å². The SMILES string of the molecule is O=C(O)c1cc2c(s1)CCOC21CCN(C(=O)CC2CCCOC2)CC1. The van der Waals surface area contributed by atoms with Gasteiger partial charge in [0.15, 0.2) is 0 Å². The monoisotopic (exact) mass is 379 g/mol. The van der Waals surface area contributed by atoms with Gasteiger partial charge in [-0.25, -0.2) is 4.79 Å². The zero-order valence-electron chi connectivity index (χ0n) is 14.9. The van der Waals surface area contributed by atoms with E-state index in [4.69, 9.17) is 9.47 Å². The van der Waals surface area contributed by atoms with Gasteiger partial charge in [-0.15, -0.1) is 11.3 Å². The number of carboxylic acids is 1. The Morgan fingerprint density at radius 1 is 1.31 bits per heavy atom. The van der Waals surface area contributed by atoms with Crippen LogP contribution in [0.5, 0.6) is 0 Å². The molecule has 142 valence electrons. The van der Waals surface area contributed by atoms with Crippen LogP contribution in [0, 0.1) is 5.92 Å². The third-order valence-electron chi connectivity index (χ3n) is 5.86. The lowest BCUT2D eigenvalue weighted by Gasteiger charge is -2.44. The predicted molar refractivity (Wildman–Crippen MR) is 96.6 cm³/mol. The lowest BCUT2D eigenvalue weighted by molar-refractivity contribution is -0.142. The molecule has 4 rings (SSSR count). The van der Waals surface area contributed by atoms with Crippen molar-refractivity contribution >= 4 is 23.2 Å². The molecule has 6 nitrogen and oxygen atoms in total. The number of fused-ring (bicyclic) bond motifs is 2. The first-order valence-corrected chi connectivity index (χ1v) is 10.2. The van der Waals surface area contributed by atoms with E-state index >= 15 is 0 Å². The van der Waals surface area contributed by atoms with Crippen LogP contribution >= 0.6 is 11.3 Å². The molecule has 3 aliphatic rings. The summed E-state index contributed by atoms with van der Waals surface area (Å²) in [5.74, 6) is -0.315. The van der Waals surface area contributed by atoms with Crippen molar-refractivity contribution < 1.29 is 24.2 Å². The van der Waals surface area contributed by atoms with Gasteiger partial charge in [-0.05, 0) is 43.2 Å². The fourth-order valence-electron chi connectivity index (χ4n) is 4.40. The van der Waals surface area contributed by atoms with Gasteiger partial charge in [0.1, 0.15) is 4.88 Å². The van der Waals surface area contributed by atoms with E-state index in [-0.39, 0.29) is 5.91 Å². The summed E-state index contributed by atoms with van der Waals surface area (Å²) in [5.41, 5.74) is 0.627. The Morgan fingerprint density at radius 3 is 2.81 bits per heavy atom. The zero-order valence-corrected chi connectivity index (χ0v) is 15.7. The van der Waals surface area contributed by atoms with Gasteiger partial charge in [-0.1, -0.05) is 0 Å². The van der Waals surface area contributed by atoms with E-state index in [1.807, 2.05) is 4.90 Å². The number of aromatic carboxylic acids is 1. The van der Waals surface area contributed by atoms with Crippen LogP contribution in [0.1, 0.15) is 52.2 Å². The molecule has 26 heavy (non-hydrogen) atoms. The van der Waals surface area contributed by atoms with E-state index in [0.717, 1.165) is 49.2 Å². The van der Waals surface area contributed by atoms with Crippen molar-refractivity contribution in [1.29, 1.82) is 0 Å². The van der Waals surface area contributed by atoms with Gasteiger partial charge in [-0.2, -0.15) is 0 Å². The summed E-state index contributed by atoms with van der Waals surface area (Å²) in [4.78, 5) is 27.4. The summed E-state index contributed by atoms with van der Waals surface area (Å²) in [6, 6.07) is 1.79. The molecule has 0 bridgehead atoms. The van der Waals surface area contributed by atoms with E-state index < -0.39 is 11.6 Å². The number of nitrogens with zero attached hydrogens (tertiary/aromatic N) is 1. The Labute approximate surface area is 157 Å². The molecule has 3 aliphatic heterocycles. The second-order valence-electron chi connectivity index (χ2n) is 7.51. The first kappa shape index (κ1) is 17.9. The summed E-state index contributed by atoms with van der Waals surface area (Å²) in [6.45, 7) is 3.48. The van der Waals surface area contributed by atoms with Crippen LogP contribution in [0.2, 0.25) is 0 Å². The van der Waals surface area contributed by atoms with Crippen LogP contribution in [0.25, 0.3) is 0 Å². The van der Waals surface area contributed by atoms with Crippen molar-refractivity contribution in [2.75, 3.05) is 32.9 Å². The minimum atomic E-state index is -0.873. The first-order valence-electron chi connectivity index (χ1n) is 9.43. The first-order chi connectivity index (χ1) is 12.6. The lowest BCUT2D eigenvalue weighted by atomic mass is 9.82. The number of likely N-dealkylation sites (tertiary alicyclic amines) is 1. The van der Waals surface area contributed by atoms with Crippen molar-refractivity contribution in [3.05, 3.63) is 21.4 Å². The molecule has 1 spiro atoms. The maximum atomic E-state index is 12.6. The number of amides is 1. The standard InChI is InChI=1S/C19H25NO5S/c21-17(10-13-2-1-8-24-12-13)20-6-4-19(5-7-20)14-11-16(18(22)23)26-15(14)3-9-25-19/h11,13H,1-10,12H2,(H,22,23). The van der Waals surface area contributed by atoms with Crippen molar-refractivity contribution in [3.8, 4) is 0 Å². The minimum absolute atomic E-state index is 0.211. The number of thiophene rings is 1. The molecule has 2 saturated heterocycles. The molecule has 1 N–H and O–H groups in total. The van der Waals surface area contributed by atoms with Crippen molar-refractivity contribution in [2.45, 2.75) is 44.1 Å². The van der Waals surface area contributed by atoms with Crippen LogP contribution < -0.4 is 0 Å². The summed E-state index contributed by atoms with van der Waals surface area (Å²) < 4.78 is 11.6. The average molecular weight is 379 g/mol. The molecule has 1 aromatic heterocycles. The Hall–Kier alpha value is -1.44. The molecule has 0 aliphatic carbocycles. The summed E-state index contributed by atoms with van der Waals surface area (Å²) in [5, 5.41) is 9.30. The molecule has 4 heterocycles. The number of carbonyl (C=O) groups excluding carboxylic acids is 1. The molecule has 1 unspecified atom stereocenters. The third-order valence-corrected chi connectivity index (χ3v) is 7.04. The van der Waals surface area contributed by atoms with E-state index in [1.165, 1.54) is 11.3 Å². The number of rotatable bonds is 3. The lowest BCUT2D eigenvalue weighted by Crippen LogP contribution is -2.48.